The predicted octanol–water partition coefficient (Wildman–Crippen LogP) is 4.69. The number of aromatic nitrogens is 3. The minimum atomic E-state index is 0.361. The van der Waals surface area contributed by atoms with Crippen molar-refractivity contribution in [1.29, 1.82) is 0 Å². The number of fused-ring (bicyclic) bond motifs is 1. The van der Waals surface area contributed by atoms with Crippen LogP contribution in [0.4, 0.5) is 11.5 Å². The Morgan fingerprint density at radius 3 is 2.87 bits per heavy atom. The number of pyridine rings is 1. The SMILES string of the molecule is C=NN(/C=C(\C)c1cc2c(Nc3ccc(C)c(Cl)c3)n[nH]c2cn1)C1CCNCC1. The van der Waals surface area contributed by atoms with Crippen molar-refractivity contribution < 1.29 is 0 Å². The van der Waals surface area contributed by atoms with E-state index in [9.17, 15) is 0 Å². The van der Waals surface area contributed by atoms with E-state index in [4.69, 9.17) is 11.6 Å². The Bertz CT molecular complexity index is 1080. The molecule has 3 N–H and O–H groups in total. The van der Waals surface area contributed by atoms with Crippen LogP contribution in [-0.2, 0) is 0 Å². The lowest BCUT2D eigenvalue weighted by atomic mass is 10.1. The van der Waals surface area contributed by atoms with Crippen LogP contribution in [0.5, 0.6) is 0 Å². The summed E-state index contributed by atoms with van der Waals surface area (Å²) in [7, 11) is 0. The van der Waals surface area contributed by atoms with E-state index < -0.39 is 0 Å². The van der Waals surface area contributed by atoms with Gasteiger partial charge in [-0.1, -0.05) is 17.7 Å². The number of hydrogen-bond acceptors (Lipinski definition) is 6. The van der Waals surface area contributed by atoms with E-state index in [1.54, 1.807) is 6.20 Å². The highest BCUT2D eigenvalue weighted by Crippen LogP contribution is 2.28. The molecule has 30 heavy (non-hydrogen) atoms. The summed E-state index contributed by atoms with van der Waals surface area (Å²) >= 11 is 6.26. The summed E-state index contributed by atoms with van der Waals surface area (Å²) < 4.78 is 0. The van der Waals surface area contributed by atoms with Gasteiger partial charge in [-0.2, -0.15) is 10.2 Å². The average molecular weight is 424 g/mol. The fourth-order valence-electron chi connectivity index (χ4n) is 3.63. The summed E-state index contributed by atoms with van der Waals surface area (Å²) in [6.45, 7) is 9.78. The lowest BCUT2D eigenvalue weighted by Gasteiger charge is -2.30. The number of H-pyrrole nitrogens is 1. The molecule has 1 aliphatic heterocycles. The maximum absolute atomic E-state index is 6.26. The molecule has 1 fully saturated rings. The molecule has 1 saturated heterocycles. The van der Waals surface area contributed by atoms with Crippen molar-refractivity contribution in [2.24, 2.45) is 5.10 Å². The van der Waals surface area contributed by atoms with Crippen molar-refractivity contribution in [3.05, 3.63) is 52.9 Å². The van der Waals surface area contributed by atoms with E-state index in [1.165, 1.54) is 0 Å². The van der Waals surface area contributed by atoms with Gasteiger partial charge in [0.1, 0.15) is 0 Å². The van der Waals surface area contributed by atoms with E-state index in [-0.39, 0.29) is 0 Å². The van der Waals surface area contributed by atoms with E-state index in [0.717, 1.165) is 70.2 Å². The fourth-order valence-corrected chi connectivity index (χ4v) is 3.81. The van der Waals surface area contributed by atoms with Crippen LogP contribution < -0.4 is 10.6 Å². The molecule has 0 unspecified atom stereocenters. The second-order valence-corrected chi connectivity index (χ2v) is 8.00. The molecule has 0 spiro atoms. The van der Waals surface area contributed by atoms with Gasteiger partial charge in [0.15, 0.2) is 5.82 Å². The monoisotopic (exact) mass is 423 g/mol. The molecule has 0 radical (unpaired) electrons. The van der Waals surface area contributed by atoms with Crippen LogP contribution in [0.15, 0.2) is 41.8 Å². The molecule has 4 rings (SSSR count). The highest BCUT2D eigenvalue weighted by molar-refractivity contribution is 6.31. The fraction of sp³-hybridized carbons (Fsp3) is 0.318. The summed E-state index contributed by atoms with van der Waals surface area (Å²) in [5.41, 5.74) is 4.68. The first kappa shape index (κ1) is 20.4. The van der Waals surface area contributed by atoms with Gasteiger partial charge in [-0.3, -0.25) is 15.1 Å². The van der Waals surface area contributed by atoms with Gasteiger partial charge in [0.25, 0.3) is 0 Å². The topological polar surface area (TPSA) is 81.2 Å². The molecule has 0 bridgehead atoms. The van der Waals surface area contributed by atoms with Gasteiger partial charge >= 0.3 is 0 Å². The first-order valence-electron chi connectivity index (χ1n) is 10.1. The number of hydrogen-bond donors (Lipinski definition) is 3. The Hall–Kier alpha value is -2.90. The molecule has 1 aromatic carbocycles. The molecule has 7 nitrogen and oxygen atoms in total. The summed E-state index contributed by atoms with van der Waals surface area (Å²) in [5.74, 6) is 0.735. The lowest BCUT2D eigenvalue weighted by molar-refractivity contribution is 0.236. The zero-order chi connectivity index (χ0) is 21.1. The zero-order valence-electron chi connectivity index (χ0n) is 17.2. The number of aromatic amines is 1. The molecule has 8 heteroatoms. The normalized spacial score (nSPS) is 15.4. The Morgan fingerprint density at radius 2 is 2.13 bits per heavy atom. The van der Waals surface area contributed by atoms with Crippen molar-refractivity contribution in [3.8, 4) is 0 Å². The number of nitrogens with one attached hydrogen (secondary N) is 3. The van der Waals surface area contributed by atoms with Crippen LogP contribution in [0.3, 0.4) is 0 Å². The molecule has 0 amide bonds. The molecule has 2 aromatic heterocycles. The third kappa shape index (κ3) is 4.32. The van der Waals surface area contributed by atoms with Gasteiger partial charge in [0.05, 0.1) is 23.4 Å². The van der Waals surface area contributed by atoms with Crippen LogP contribution in [0.2, 0.25) is 5.02 Å². The third-order valence-corrected chi connectivity index (χ3v) is 5.87. The van der Waals surface area contributed by atoms with Crippen LogP contribution in [0, 0.1) is 6.92 Å². The number of halogens is 1. The van der Waals surface area contributed by atoms with Gasteiger partial charge in [-0.05, 0) is 69.1 Å². The molecular formula is C22H26ClN7. The first-order chi connectivity index (χ1) is 14.5. The second kappa shape index (κ2) is 8.85. The Balaban J connectivity index is 1.61. The highest BCUT2D eigenvalue weighted by atomic mass is 35.5. The van der Waals surface area contributed by atoms with Crippen molar-refractivity contribution in [2.75, 3.05) is 18.4 Å². The van der Waals surface area contributed by atoms with Crippen LogP contribution in [-0.4, -0.2) is 46.0 Å². The summed E-state index contributed by atoms with van der Waals surface area (Å²) in [6.07, 6.45) is 5.93. The Labute approximate surface area is 181 Å². The van der Waals surface area contributed by atoms with Crippen molar-refractivity contribution >= 4 is 46.3 Å². The van der Waals surface area contributed by atoms with Gasteiger partial charge in [0.2, 0.25) is 0 Å². The van der Waals surface area contributed by atoms with E-state index in [0.29, 0.717) is 6.04 Å². The minimum Gasteiger partial charge on any atom is -0.338 e. The number of nitrogens with zero attached hydrogens (tertiary/aromatic N) is 4. The number of aryl methyl sites for hydroxylation is 1. The number of anilines is 2. The molecule has 0 aliphatic carbocycles. The summed E-state index contributed by atoms with van der Waals surface area (Å²) in [4.78, 5) is 4.60. The minimum absolute atomic E-state index is 0.361. The summed E-state index contributed by atoms with van der Waals surface area (Å²) in [5, 5.41) is 22.0. The van der Waals surface area contributed by atoms with Gasteiger partial charge < -0.3 is 10.6 Å². The maximum atomic E-state index is 6.26. The van der Waals surface area contributed by atoms with Crippen LogP contribution >= 0.6 is 11.6 Å². The standard InChI is InChI=1S/C22H26ClN7/c1-14-4-5-16(10-19(14)23)27-22-18-11-20(26-12-21(18)28-29-22)15(2)13-30(24-3)17-6-8-25-9-7-17/h4-5,10-13,17,25H,3,6-9H2,1-2H3,(H2,27,28,29)/b15-13+. The van der Waals surface area contributed by atoms with E-state index in [1.807, 2.05) is 49.3 Å². The number of benzene rings is 1. The third-order valence-electron chi connectivity index (χ3n) is 5.46. The number of allylic oxidation sites excluding steroid dienone is 1. The molecule has 0 saturated carbocycles. The second-order valence-electron chi connectivity index (χ2n) is 7.59. The average Bonchev–Trinajstić information content (AvgIpc) is 3.17. The van der Waals surface area contributed by atoms with Gasteiger partial charge in [-0.25, -0.2) is 0 Å². The van der Waals surface area contributed by atoms with E-state index in [2.05, 4.69) is 37.6 Å². The number of rotatable bonds is 6. The largest absolute Gasteiger partial charge is 0.338 e. The lowest BCUT2D eigenvalue weighted by Crippen LogP contribution is -2.38. The smallest absolute Gasteiger partial charge is 0.160 e. The zero-order valence-corrected chi connectivity index (χ0v) is 18.0. The van der Waals surface area contributed by atoms with Crippen LogP contribution in [0.25, 0.3) is 16.5 Å². The highest BCUT2D eigenvalue weighted by Gasteiger charge is 2.18. The Morgan fingerprint density at radius 1 is 1.33 bits per heavy atom. The quantitative estimate of drug-likeness (QED) is 0.395. The van der Waals surface area contributed by atoms with Gasteiger partial charge in [-0.15, -0.1) is 0 Å². The maximum Gasteiger partial charge on any atom is 0.160 e. The summed E-state index contributed by atoms with van der Waals surface area (Å²) in [6, 6.07) is 8.27. The molecule has 3 heterocycles. The molecule has 0 atom stereocenters. The van der Waals surface area contributed by atoms with E-state index >= 15 is 0 Å². The van der Waals surface area contributed by atoms with Crippen molar-refractivity contribution in [2.45, 2.75) is 32.7 Å². The van der Waals surface area contributed by atoms with Gasteiger partial charge in [0, 0.05) is 29.0 Å². The number of piperidine rings is 1. The first-order valence-corrected chi connectivity index (χ1v) is 10.4. The Kier molecular flexibility index (Phi) is 6.01. The number of hydrazone groups is 1. The molecule has 3 aromatic rings. The van der Waals surface area contributed by atoms with Crippen LogP contribution in [0.1, 0.15) is 31.0 Å². The molecule has 156 valence electrons. The molecular weight excluding hydrogens is 398 g/mol. The van der Waals surface area contributed by atoms with Crippen molar-refractivity contribution in [1.82, 2.24) is 25.5 Å². The van der Waals surface area contributed by atoms with Crippen molar-refractivity contribution in [3.63, 3.8) is 0 Å². The molecule has 1 aliphatic rings. The predicted molar refractivity (Wildman–Crippen MR) is 124 cm³/mol.